The lowest BCUT2D eigenvalue weighted by atomic mass is 10.1. The molecule has 0 radical (unpaired) electrons. The molecule has 0 aromatic heterocycles. The first-order valence-electron chi connectivity index (χ1n) is 6.75. The number of halogens is 1. The highest BCUT2D eigenvalue weighted by atomic mass is 35.5. The molecule has 1 heterocycles. The molecule has 6 heteroatoms. The van der Waals surface area contributed by atoms with Crippen LogP contribution in [0.25, 0.3) is 0 Å². The van der Waals surface area contributed by atoms with Gasteiger partial charge in [-0.2, -0.15) is 0 Å². The quantitative estimate of drug-likeness (QED) is 0.859. The van der Waals surface area contributed by atoms with Crippen LogP contribution in [0, 0.1) is 0 Å². The molecule has 1 amide bonds. The van der Waals surface area contributed by atoms with Crippen molar-refractivity contribution in [3.63, 3.8) is 0 Å². The molecule has 0 N–H and O–H groups in total. The molecule has 108 valence electrons. The predicted octanol–water partition coefficient (Wildman–Crippen LogP) is 2.13. The molecule has 1 saturated heterocycles. The molecule has 1 aromatic rings. The van der Waals surface area contributed by atoms with Gasteiger partial charge in [-0.15, -0.1) is 0 Å². The van der Waals surface area contributed by atoms with Crippen molar-refractivity contribution >= 4 is 27.3 Å². The first-order valence-corrected chi connectivity index (χ1v) is 8.95. The molecule has 20 heavy (non-hydrogen) atoms. The number of nitrogens with zero attached hydrogens (tertiary/aromatic N) is 1. The van der Waals surface area contributed by atoms with Gasteiger partial charge in [-0.1, -0.05) is 23.7 Å². The van der Waals surface area contributed by atoms with E-state index >= 15 is 0 Å². The summed E-state index contributed by atoms with van der Waals surface area (Å²) in [5.41, 5.74) is 0.463. The number of carbonyl (C=O) groups is 1. The Labute approximate surface area is 123 Å². The largest absolute Gasteiger partial charge is 0.332 e. The first kappa shape index (κ1) is 13.9. The van der Waals surface area contributed by atoms with Crippen molar-refractivity contribution in [2.45, 2.75) is 31.3 Å². The van der Waals surface area contributed by atoms with Gasteiger partial charge >= 0.3 is 0 Å². The second-order valence-corrected chi connectivity index (χ2v) is 8.12. The van der Waals surface area contributed by atoms with Gasteiger partial charge in [-0.05, 0) is 31.4 Å². The average Bonchev–Trinajstić information content (AvgIpc) is 3.15. The van der Waals surface area contributed by atoms with E-state index in [-0.39, 0.29) is 29.5 Å². The zero-order valence-electron chi connectivity index (χ0n) is 11.0. The Morgan fingerprint density at radius 2 is 1.85 bits per heavy atom. The molecule has 3 rings (SSSR count). The zero-order valence-corrected chi connectivity index (χ0v) is 12.5. The molecule has 4 nitrogen and oxygen atoms in total. The lowest BCUT2D eigenvalue weighted by Crippen LogP contribution is -2.42. The van der Waals surface area contributed by atoms with E-state index in [0.717, 1.165) is 12.8 Å². The summed E-state index contributed by atoms with van der Waals surface area (Å²) < 4.78 is 23.3. The Morgan fingerprint density at radius 3 is 2.40 bits per heavy atom. The fourth-order valence-corrected chi connectivity index (χ4v) is 4.68. The average molecular weight is 314 g/mol. The minimum Gasteiger partial charge on any atom is -0.332 e. The summed E-state index contributed by atoms with van der Waals surface area (Å²) in [6.45, 7) is 0. The highest BCUT2D eigenvalue weighted by molar-refractivity contribution is 7.91. The number of sulfone groups is 1. The fraction of sp³-hybridized carbons (Fsp3) is 0.500. The van der Waals surface area contributed by atoms with Gasteiger partial charge < -0.3 is 4.90 Å². The van der Waals surface area contributed by atoms with Gasteiger partial charge in [0.15, 0.2) is 9.84 Å². The highest BCUT2D eigenvalue weighted by Crippen LogP contribution is 2.34. The van der Waals surface area contributed by atoms with Crippen LogP contribution in [0.1, 0.15) is 29.6 Å². The molecule has 2 fully saturated rings. The summed E-state index contributed by atoms with van der Waals surface area (Å²) in [6.07, 6.45) is 2.44. The van der Waals surface area contributed by atoms with Crippen molar-refractivity contribution in [1.82, 2.24) is 4.90 Å². The third-order valence-corrected chi connectivity index (χ3v) is 5.96. The SMILES string of the molecule is O=C(c1ccccc1Cl)N(C1CC1)[C@@H]1CCS(=O)(=O)C1. The lowest BCUT2D eigenvalue weighted by molar-refractivity contribution is 0.0681. The van der Waals surface area contributed by atoms with Gasteiger partial charge in [0.05, 0.1) is 22.1 Å². The minimum absolute atomic E-state index is 0.0830. The summed E-state index contributed by atoms with van der Waals surface area (Å²) in [7, 11) is -3.00. The second-order valence-electron chi connectivity index (χ2n) is 5.48. The lowest BCUT2D eigenvalue weighted by Gasteiger charge is -2.28. The van der Waals surface area contributed by atoms with Crippen molar-refractivity contribution in [2.24, 2.45) is 0 Å². The van der Waals surface area contributed by atoms with Crippen LogP contribution in [0.3, 0.4) is 0 Å². The predicted molar refractivity (Wildman–Crippen MR) is 77.7 cm³/mol. The number of rotatable bonds is 3. The number of carbonyl (C=O) groups excluding carboxylic acids is 1. The summed E-state index contributed by atoms with van der Waals surface area (Å²) >= 11 is 6.09. The highest BCUT2D eigenvalue weighted by Gasteiger charge is 2.42. The molecule has 1 aliphatic heterocycles. The van der Waals surface area contributed by atoms with Gasteiger partial charge in [0.2, 0.25) is 0 Å². The monoisotopic (exact) mass is 313 g/mol. The third kappa shape index (κ3) is 2.69. The van der Waals surface area contributed by atoms with Gasteiger partial charge in [0, 0.05) is 12.1 Å². The van der Waals surface area contributed by atoms with Crippen molar-refractivity contribution in [1.29, 1.82) is 0 Å². The molecule has 0 bridgehead atoms. The topological polar surface area (TPSA) is 54.5 Å². The van der Waals surface area contributed by atoms with Gasteiger partial charge in [0.1, 0.15) is 0 Å². The molecule has 0 spiro atoms. The van der Waals surface area contributed by atoms with Crippen molar-refractivity contribution in [3.8, 4) is 0 Å². The Kier molecular flexibility index (Phi) is 3.50. The molecular formula is C14H16ClNO3S. The van der Waals surface area contributed by atoms with E-state index in [1.165, 1.54) is 0 Å². The summed E-state index contributed by atoms with van der Waals surface area (Å²) in [6, 6.07) is 6.92. The van der Waals surface area contributed by atoms with Gasteiger partial charge in [0.25, 0.3) is 5.91 Å². The number of amides is 1. The summed E-state index contributed by atoms with van der Waals surface area (Å²) in [5, 5.41) is 0.420. The maximum atomic E-state index is 12.7. The molecule has 1 saturated carbocycles. The van der Waals surface area contributed by atoms with Crippen LogP contribution >= 0.6 is 11.6 Å². The van der Waals surface area contributed by atoms with E-state index in [9.17, 15) is 13.2 Å². The second kappa shape index (κ2) is 5.04. The zero-order chi connectivity index (χ0) is 14.3. The van der Waals surface area contributed by atoms with Crippen LogP contribution in [0.2, 0.25) is 5.02 Å². The summed E-state index contributed by atoms with van der Waals surface area (Å²) in [4.78, 5) is 14.4. The Hall–Kier alpha value is -1.07. The first-order chi connectivity index (χ1) is 9.48. The van der Waals surface area contributed by atoms with E-state index < -0.39 is 9.84 Å². The van der Waals surface area contributed by atoms with Crippen LogP contribution in [0.5, 0.6) is 0 Å². The molecule has 1 aliphatic carbocycles. The molecule has 1 aromatic carbocycles. The van der Waals surface area contributed by atoms with E-state index in [1.54, 1.807) is 29.2 Å². The van der Waals surface area contributed by atoms with Crippen LogP contribution in [-0.4, -0.2) is 42.8 Å². The number of hydrogen-bond donors (Lipinski definition) is 0. The molecule has 1 atom stereocenters. The van der Waals surface area contributed by atoms with Crippen molar-refractivity contribution in [2.75, 3.05) is 11.5 Å². The summed E-state index contributed by atoms with van der Waals surface area (Å²) in [5.74, 6) is 0.122. The maximum Gasteiger partial charge on any atom is 0.255 e. The van der Waals surface area contributed by atoms with E-state index in [4.69, 9.17) is 11.6 Å². The number of benzene rings is 1. The molecule has 0 unspecified atom stereocenters. The van der Waals surface area contributed by atoms with E-state index in [2.05, 4.69) is 0 Å². The Balaban J connectivity index is 1.88. The van der Waals surface area contributed by atoms with Gasteiger partial charge in [-0.3, -0.25) is 4.79 Å². The van der Waals surface area contributed by atoms with Crippen LogP contribution in [0.15, 0.2) is 24.3 Å². The fourth-order valence-electron chi connectivity index (χ4n) is 2.75. The smallest absolute Gasteiger partial charge is 0.255 e. The molecule has 2 aliphatic rings. The normalized spacial score (nSPS) is 24.6. The van der Waals surface area contributed by atoms with Crippen LogP contribution in [-0.2, 0) is 9.84 Å². The standard InChI is InChI=1S/C14H16ClNO3S/c15-13-4-2-1-3-12(13)14(17)16(10-5-6-10)11-7-8-20(18,19)9-11/h1-4,10-11H,5-9H2/t11-/m1/s1. The maximum absolute atomic E-state index is 12.7. The van der Waals surface area contributed by atoms with Crippen molar-refractivity contribution < 1.29 is 13.2 Å². The molecular weight excluding hydrogens is 298 g/mol. The van der Waals surface area contributed by atoms with E-state index in [1.807, 2.05) is 0 Å². The van der Waals surface area contributed by atoms with Gasteiger partial charge in [-0.25, -0.2) is 8.42 Å². The number of hydrogen-bond acceptors (Lipinski definition) is 3. The van der Waals surface area contributed by atoms with Crippen molar-refractivity contribution in [3.05, 3.63) is 34.9 Å². The van der Waals surface area contributed by atoms with Crippen LogP contribution < -0.4 is 0 Å². The van der Waals surface area contributed by atoms with E-state index in [0.29, 0.717) is 17.0 Å². The minimum atomic E-state index is -3.00. The van der Waals surface area contributed by atoms with Crippen LogP contribution in [0.4, 0.5) is 0 Å². The Morgan fingerprint density at radius 1 is 1.15 bits per heavy atom. The Bertz CT molecular complexity index is 640. The third-order valence-electron chi connectivity index (χ3n) is 3.88.